The molecule has 9 heteroatoms. The molecule has 27 heavy (non-hydrogen) atoms. The Morgan fingerprint density at radius 2 is 2.26 bits per heavy atom. The molecule has 1 aliphatic carbocycles. The number of halogens is 1. The molecule has 0 bridgehead atoms. The molecule has 0 radical (unpaired) electrons. The molecule has 2 heterocycles. The van der Waals surface area contributed by atoms with Crippen LogP contribution in [-0.4, -0.2) is 21.9 Å². The van der Waals surface area contributed by atoms with Crippen LogP contribution >= 0.6 is 22.9 Å². The second-order valence-corrected chi connectivity index (χ2v) is 7.72. The number of rotatable bonds is 4. The minimum Gasteiger partial charge on any atom is -0.383 e. The van der Waals surface area contributed by atoms with E-state index in [0.29, 0.717) is 21.5 Å². The van der Waals surface area contributed by atoms with Crippen molar-refractivity contribution in [3.8, 4) is 0 Å². The number of fused-ring (bicyclic) bond motifs is 3. The van der Waals surface area contributed by atoms with E-state index in [1.54, 1.807) is 25.3 Å². The molecule has 0 atom stereocenters. The summed E-state index contributed by atoms with van der Waals surface area (Å²) >= 11 is 7.90. The molecular formula is C18H15ClN4O3S. The van der Waals surface area contributed by atoms with Crippen LogP contribution in [0.5, 0.6) is 0 Å². The van der Waals surface area contributed by atoms with E-state index in [1.807, 2.05) is 0 Å². The molecule has 2 N–H and O–H groups in total. The van der Waals surface area contributed by atoms with E-state index < -0.39 is 4.92 Å². The topological polar surface area (TPSA) is 101 Å². The largest absolute Gasteiger partial charge is 0.383 e. The molecular weight excluding hydrogens is 388 g/mol. The summed E-state index contributed by atoms with van der Waals surface area (Å²) in [6.45, 7) is 0. The summed E-state index contributed by atoms with van der Waals surface area (Å²) in [6.07, 6.45) is 4.51. The summed E-state index contributed by atoms with van der Waals surface area (Å²) < 4.78 is 0. The van der Waals surface area contributed by atoms with Gasteiger partial charge in [0.15, 0.2) is 5.82 Å². The van der Waals surface area contributed by atoms with Gasteiger partial charge in [0.25, 0.3) is 11.2 Å². The zero-order chi connectivity index (χ0) is 19.1. The number of aromatic amines is 1. The van der Waals surface area contributed by atoms with Crippen molar-refractivity contribution in [2.45, 2.75) is 19.3 Å². The predicted molar refractivity (Wildman–Crippen MR) is 109 cm³/mol. The molecule has 0 fully saturated rings. The first-order valence-corrected chi connectivity index (χ1v) is 9.55. The van der Waals surface area contributed by atoms with Crippen LogP contribution in [0.1, 0.15) is 28.2 Å². The van der Waals surface area contributed by atoms with Gasteiger partial charge in [-0.05, 0) is 42.5 Å². The Labute approximate surface area is 162 Å². The van der Waals surface area contributed by atoms with Gasteiger partial charge < -0.3 is 10.3 Å². The molecule has 2 aromatic heterocycles. The fraction of sp³-hybridized carbons (Fsp3) is 0.222. The molecule has 0 spiro atoms. The Morgan fingerprint density at radius 3 is 3.00 bits per heavy atom. The number of H-pyrrole nitrogens is 1. The fourth-order valence-electron chi connectivity index (χ4n) is 3.33. The number of hydrogen-bond acceptors (Lipinski definition) is 6. The van der Waals surface area contributed by atoms with Crippen LogP contribution in [0.2, 0.25) is 0 Å². The lowest BCUT2D eigenvalue weighted by molar-refractivity contribution is -0.383. The van der Waals surface area contributed by atoms with Gasteiger partial charge in [-0.15, -0.1) is 11.3 Å². The predicted octanol–water partition coefficient (Wildman–Crippen LogP) is 4.16. The van der Waals surface area contributed by atoms with Gasteiger partial charge in [-0.25, -0.2) is 4.98 Å². The van der Waals surface area contributed by atoms with Crippen molar-refractivity contribution in [2.75, 3.05) is 12.4 Å². The molecule has 1 aliphatic rings. The van der Waals surface area contributed by atoms with Crippen LogP contribution in [0, 0.1) is 10.1 Å². The fourth-order valence-corrected chi connectivity index (χ4v) is 4.81. The van der Waals surface area contributed by atoms with E-state index in [2.05, 4.69) is 15.3 Å². The first-order valence-electron chi connectivity index (χ1n) is 8.36. The maximum Gasteiger partial charge on any atom is 0.292 e. The minimum atomic E-state index is -0.462. The summed E-state index contributed by atoms with van der Waals surface area (Å²) in [4.78, 5) is 32.4. The maximum absolute atomic E-state index is 12.5. The zero-order valence-corrected chi connectivity index (χ0v) is 15.9. The lowest BCUT2D eigenvalue weighted by Gasteiger charge is -2.04. The number of benzene rings is 1. The van der Waals surface area contributed by atoms with Crippen molar-refractivity contribution in [3.05, 3.63) is 60.5 Å². The molecule has 0 amide bonds. The Balaban J connectivity index is 1.76. The number of nitrogens with one attached hydrogen (secondary N) is 2. The Morgan fingerprint density at radius 1 is 1.44 bits per heavy atom. The van der Waals surface area contributed by atoms with Gasteiger partial charge in [-0.1, -0.05) is 17.7 Å². The first kappa shape index (κ1) is 17.7. The van der Waals surface area contributed by atoms with Crippen LogP contribution < -0.4 is 10.9 Å². The number of nitro groups is 1. The normalized spacial score (nSPS) is 13.8. The van der Waals surface area contributed by atoms with Crippen molar-refractivity contribution in [1.82, 2.24) is 9.97 Å². The third-order valence-corrected chi connectivity index (χ3v) is 6.06. The Hall–Kier alpha value is -2.71. The average Bonchev–Trinajstić information content (AvgIpc) is 3.22. The summed E-state index contributed by atoms with van der Waals surface area (Å²) in [5.74, 6) is 0.259. The van der Waals surface area contributed by atoms with Crippen LogP contribution in [0.15, 0.2) is 23.0 Å². The first-order chi connectivity index (χ1) is 13.0. The number of aromatic nitrogens is 2. The van der Waals surface area contributed by atoms with Gasteiger partial charge >= 0.3 is 0 Å². The van der Waals surface area contributed by atoms with E-state index in [-0.39, 0.29) is 22.1 Å². The van der Waals surface area contributed by atoms with E-state index >= 15 is 0 Å². The molecule has 0 unspecified atom stereocenters. The molecule has 0 saturated carbocycles. The van der Waals surface area contributed by atoms with Crippen molar-refractivity contribution >= 4 is 55.6 Å². The van der Waals surface area contributed by atoms with Crippen LogP contribution in [-0.2, 0) is 12.8 Å². The number of nitrogens with zero attached hydrogens (tertiary/aromatic N) is 2. The van der Waals surface area contributed by atoms with E-state index in [4.69, 9.17) is 11.6 Å². The number of anilines is 1. The second-order valence-electron chi connectivity index (χ2n) is 6.23. The van der Waals surface area contributed by atoms with Crippen molar-refractivity contribution < 1.29 is 4.92 Å². The van der Waals surface area contributed by atoms with Crippen LogP contribution in [0.25, 0.3) is 21.3 Å². The van der Waals surface area contributed by atoms with Crippen molar-refractivity contribution in [2.24, 2.45) is 0 Å². The van der Waals surface area contributed by atoms with Gasteiger partial charge in [-0.3, -0.25) is 14.9 Å². The van der Waals surface area contributed by atoms with Crippen LogP contribution in [0.3, 0.4) is 0 Å². The summed E-state index contributed by atoms with van der Waals surface area (Å²) in [5.41, 5.74) is 1.81. The average molecular weight is 403 g/mol. The SMILES string of the molecule is CNc1ccc(/C=C(\Cl)c2nc3sc4c(c3c(=O)[nH]2)CCC4)cc1[N+](=O)[O-]. The zero-order valence-electron chi connectivity index (χ0n) is 14.3. The monoisotopic (exact) mass is 402 g/mol. The highest BCUT2D eigenvalue weighted by molar-refractivity contribution is 7.18. The Kier molecular flexibility index (Phi) is 4.45. The smallest absolute Gasteiger partial charge is 0.292 e. The third-order valence-electron chi connectivity index (χ3n) is 4.58. The molecule has 0 aliphatic heterocycles. The Bertz CT molecular complexity index is 1170. The van der Waals surface area contributed by atoms with Crippen LogP contribution in [0.4, 0.5) is 11.4 Å². The standard InChI is InChI=1S/C18H15ClN4O3S/c1-20-12-6-5-9(8-13(12)23(25)26)7-11(19)16-21-17(24)15-10-3-2-4-14(10)27-18(15)22-16/h5-8,20H,2-4H2,1H3,(H,21,22,24)/b11-7-. The number of hydrogen-bond donors (Lipinski definition) is 2. The van der Waals surface area contributed by atoms with Gasteiger partial charge in [-0.2, -0.15) is 0 Å². The molecule has 3 aromatic rings. The quantitative estimate of drug-likeness (QED) is 0.504. The van der Waals surface area contributed by atoms with Crippen molar-refractivity contribution in [1.29, 1.82) is 0 Å². The van der Waals surface area contributed by atoms with Gasteiger partial charge in [0.1, 0.15) is 10.5 Å². The van der Waals surface area contributed by atoms with Gasteiger partial charge in [0, 0.05) is 18.0 Å². The number of thiophene rings is 1. The highest BCUT2D eigenvalue weighted by Gasteiger charge is 2.21. The van der Waals surface area contributed by atoms with E-state index in [1.165, 1.54) is 22.3 Å². The number of aryl methyl sites for hydroxylation is 2. The molecule has 0 saturated heterocycles. The maximum atomic E-state index is 12.5. The summed E-state index contributed by atoms with van der Waals surface area (Å²) in [5, 5.41) is 14.9. The van der Waals surface area contributed by atoms with Gasteiger partial charge in [0.2, 0.25) is 0 Å². The lowest BCUT2D eigenvalue weighted by atomic mass is 10.1. The molecule has 1 aromatic carbocycles. The van der Waals surface area contributed by atoms with E-state index in [0.717, 1.165) is 24.8 Å². The van der Waals surface area contributed by atoms with Crippen molar-refractivity contribution in [3.63, 3.8) is 0 Å². The third kappa shape index (κ3) is 3.11. The minimum absolute atomic E-state index is 0.0534. The summed E-state index contributed by atoms with van der Waals surface area (Å²) in [7, 11) is 1.62. The molecule has 138 valence electrons. The number of nitro benzene ring substituents is 1. The van der Waals surface area contributed by atoms with E-state index in [9.17, 15) is 14.9 Å². The lowest BCUT2D eigenvalue weighted by Crippen LogP contribution is -2.10. The highest BCUT2D eigenvalue weighted by Crippen LogP contribution is 2.35. The van der Waals surface area contributed by atoms with Gasteiger partial charge in [0.05, 0.1) is 15.3 Å². The summed E-state index contributed by atoms with van der Waals surface area (Å²) in [6, 6.07) is 4.74. The molecule has 4 rings (SSSR count). The highest BCUT2D eigenvalue weighted by atomic mass is 35.5. The second kappa shape index (κ2) is 6.79. The molecule has 7 nitrogen and oxygen atoms in total.